The summed E-state index contributed by atoms with van der Waals surface area (Å²) in [5.74, 6) is 1.13. The van der Waals surface area contributed by atoms with Crippen molar-refractivity contribution in [2.24, 2.45) is 0 Å². The molecule has 4 rings (SSSR count). The third-order valence-corrected chi connectivity index (χ3v) is 6.13. The molecule has 0 heterocycles. The molecule has 0 saturated heterocycles. The van der Waals surface area contributed by atoms with Crippen molar-refractivity contribution in [3.63, 3.8) is 0 Å². The number of hydrogen-bond donors (Lipinski definition) is 1. The van der Waals surface area contributed by atoms with Gasteiger partial charge in [-0.1, -0.05) is 54.6 Å². The van der Waals surface area contributed by atoms with E-state index in [0.29, 0.717) is 23.8 Å². The van der Waals surface area contributed by atoms with Gasteiger partial charge in [0.1, 0.15) is 5.75 Å². The summed E-state index contributed by atoms with van der Waals surface area (Å²) in [5.41, 5.74) is 2.69. The maximum Gasteiger partial charge on any atom is 0.414 e. The molecule has 1 aliphatic carbocycles. The van der Waals surface area contributed by atoms with Gasteiger partial charge in [-0.25, -0.2) is 4.79 Å². The van der Waals surface area contributed by atoms with Crippen molar-refractivity contribution < 1.29 is 9.53 Å². The van der Waals surface area contributed by atoms with Gasteiger partial charge >= 0.3 is 6.09 Å². The predicted molar refractivity (Wildman–Crippen MR) is 122 cm³/mol. The number of ether oxygens (including phenoxy) is 1. The number of nitrogens with zero attached hydrogens (tertiary/aromatic N) is 1. The Labute approximate surface area is 178 Å². The van der Waals surface area contributed by atoms with E-state index in [1.54, 1.807) is 14.1 Å². The number of benzene rings is 3. The van der Waals surface area contributed by atoms with Crippen molar-refractivity contribution in [3.05, 3.63) is 77.9 Å². The number of hydrogen-bond acceptors (Lipinski definition) is 3. The predicted octanol–water partition coefficient (Wildman–Crippen LogP) is 5.89. The van der Waals surface area contributed by atoms with Crippen molar-refractivity contribution >= 4 is 16.9 Å². The fraction of sp³-hybridized carbons (Fsp3) is 0.346. The van der Waals surface area contributed by atoms with Gasteiger partial charge in [-0.15, -0.1) is 0 Å². The maximum atomic E-state index is 11.7. The van der Waals surface area contributed by atoms with E-state index in [4.69, 9.17) is 4.74 Å². The normalized spacial score (nSPS) is 19.6. The lowest BCUT2D eigenvalue weighted by atomic mass is 9.96. The van der Waals surface area contributed by atoms with Gasteiger partial charge in [0, 0.05) is 26.2 Å². The Morgan fingerprint density at radius 1 is 1.00 bits per heavy atom. The summed E-state index contributed by atoms with van der Waals surface area (Å²) in [5, 5.41) is 6.49. The van der Waals surface area contributed by atoms with Gasteiger partial charge in [0.2, 0.25) is 0 Å². The first-order chi connectivity index (χ1) is 14.5. The third-order valence-electron chi connectivity index (χ3n) is 6.13. The summed E-state index contributed by atoms with van der Waals surface area (Å²) < 4.78 is 5.33. The minimum Gasteiger partial charge on any atom is -0.410 e. The number of carbonyl (C=O) groups is 1. The van der Waals surface area contributed by atoms with Crippen molar-refractivity contribution in [2.45, 2.75) is 44.2 Å². The van der Waals surface area contributed by atoms with Crippen LogP contribution in [0.1, 0.15) is 49.3 Å². The average Bonchev–Trinajstić information content (AvgIpc) is 3.22. The van der Waals surface area contributed by atoms with Crippen LogP contribution in [0.3, 0.4) is 0 Å². The lowest BCUT2D eigenvalue weighted by Gasteiger charge is -2.21. The molecule has 3 aromatic rings. The minimum atomic E-state index is -0.352. The summed E-state index contributed by atoms with van der Waals surface area (Å²) in [7, 11) is 3.36. The van der Waals surface area contributed by atoms with Gasteiger partial charge in [0.25, 0.3) is 0 Å². The average molecular weight is 403 g/mol. The van der Waals surface area contributed by atoms with Crippen LogP contribution in [-0.2, 0) is 0 Å². The Morgan fingerprint density at radius 3 is 2.50 bits per heavy atom. The highest BCUT2D eigenvalue weighted by molar-refractivity contribution is 5.86. The Balaban J connectivity index is 1.38. The van der Waals surface area contributed by atoms with Crippen LogP contribution < -0.4 is 10.1 Å². The first kappa shape index (κ1) is 20.4. The van der Waals surface area contributed by atoms with Crippen LogP contribution in [0.2, 0.25) is 0 Å². The molecule has 1 fully saturated rings. The van der Waals surface area contributed by atoms with Crippen LogP contribution >= 0.6 is 0 Å². The molecule has 0 aromatic heterocycles. The summed E-state index contributed by atoms with van der Waals surface area (Å²) >= 11 is 0. The zero-order valence-corrected chi connectivity index (χ0v) is 18.0. The second-order valence-corrected chi connectivity index (χ2v) is 8.50. The molecule has 3 atom stereocenters. The third kappa shape index (κ3) is 4.49. The van der Waals surface area contributed by atoms with Crippen LogP contribution in [0.25, 0.3) is 10.8 Å². The van der Waals surface area contributed by atoms with E-state index in [-0.39, 0.29) is 6.09 Å². The van der Waals surface area contributed by atoms with E-state index in [2.05, 4.69) is 66.8 Å². The lowest BCUT2D eigenvalue weighted by Crippen LogP contribution is -2.29. The number of amides is 1. The highest BCUT2D eigenvalue weighted by Crippen LogP contribution is 2.36. The van der Waals surface area contributed by atoms with Crippen LogP contribution in [0, 0.1) is 0 Å². The first-order valence-corrected chi connectivity index (χ1v) is 10.7. The molecule has 0 aliphatic heterocycles. The number of nitrogens with one attached hydrogen (secondary N) is 1. The van der Waals surface area contributed by atoms with Crippen LogP contribution in [-0.4, -0.2) is 31.1 Å². The quantitative estimate of drug-likeness (QED) is 0.579. The first-order valence-electron chi connectivity index (χ1n) is 10.7. The fourth-order valence-electron chi connectivity index (χ4n) is 4.51. The van der Waals surface area contributed by atoms with Crippen molar-refractivity contribution in [3.8, 4) is 5.75 Å². The zero-order chi connectivity index (χ0) is 21.1. The zero-order valence-electron chi connectivity index (χ0n) is 18.0. The molecule has 30 heavy (non-hydrogen) atoms. The number of fused-ring (bicyclic) bond motifs is 1. The van der Waals surface area contributed by atoms with E-state index >= 15 is 0 Å². The van der Waals surface area contributed by atoms with Crippen LogP contribution in [0.5, 0.6) is 5.75 Å². The smallest absolute Gasteiger partial charge is 0.410 e. The van der Waals surface area contributed by atoms with Gasteiger partial charge in [-0.3, -0.25) is 0 Å². The van der Waals surface area contributed by atoms with Gasteiger partial charge in [0.05, 0.1) is 0 Å². The summed E-state index contributed by atoms with van der Waals surface area (Å²) in [6.07, 6.45) is 3.13. The SMILES string of the molecule is C[C@@H](N[C@H]1CC[C@@H](c2ccc(OC(=O)N(C)C)cc2)C1)c1cccc2ccccc12. The van der Waals surface area contributed by atoms with Gasteiger partial charge in [-0.2, -0.15) is 0 Å². The highest BCUT2D eigenvalue weighted by Gasteiger charge is 2.27. The van der Waals surface area contributed by atoms with Crippen LogP contribution in [0.4, 0.5) is 4.79 Å². The summed E-state index contributed by atoms with van der Waals surface area (Å²) in [6.45, 7) is 2.27. The van der Waals surface area contributed by atoms with E-state index in [1.165, 1.54) is 39.6 Å². The van der Waals surface area contributed by atoms with E-state index in [1.807, 2.05) is 12.1 Å². The monoisotopic (exact) mass is 402 g/mol. The molecule has 4 heteroatoms. The van der Waals surface area contributed by atoms with Crippen LogP contribution in [0.15, 0.2) is 66.7 Å². The van der Waals surface area contributed by atoms with Crippen molar-refractivity contribution in [2.75, 3.05) is 14.1 Å². The Kier molecular flexibility index (Phi) is 6.05. The molecule has 156 valence electrons. The van der Waals surface area contributed by atoms with Crippen molar-refractivity contribution in [1.82, 2.24) is 10.2 Å². The molecule has 1 saturated carbocycles. The largest absolute Gasteiger partial charge is 0.414 e. The van der Waals surface area contributed by atoms with Crippen molar-refractivity contribution in [1.29, 1.82) is 0 Å². The molecule has 0 radical (unpaired) electrons. The summed E-state index contributed by atoms with van der Waals surface area (Å²) in [6, 6.07) is 24.0. The molecular formula is C26H30N2O2. The highest BCUT2D eigenvalue weighted by atomic mass is 16.6. The molecule has 0 unspecified atom stereocenters. The molecule has 1 amide bonds. The maximum absolute atomic E-state index is 11.7. The Hall–Kier alpha value is -2.85. The second kappa shape index (κ2) is 8.88. The molecule has 0 bridgehead atoms. The summed E-state index contributed by atoms with van der Waals surface area (Å²) in [4.78, 5) is 13.1. The molecule has 1 N–H and O–H groups in total. The van der Waals surface area contributed by atoms with E-state index in [9.17, 15) is 4.79 Å². The Bertz CT molecular complexity index is 1010. The standard InChI is InChI=1S/C26H30N2O2/c1-18(24-10-6-8-20-7-4-5-9-25(20)24)27-22-14-11-21(17-22)19-12-15-23(16-13-19)30-26(29)28(2)3/h4-10,12-13,15-16,18,21-22,27H,11,14,17H2,1-3H3/t18-,21-,22+/m1/s1. The lowest BCUT2D eigenvalue weighted by molar-refractivity contribution is 0.172. The second-order valence-electron chi connectivity index (χ2n) is 8.50. The van der Waals surface area contributed by atoms with Gasteiger partial charge in [-0.05, 0) is 66.1 Å². The van der Waals surface area contributed by atoms with Gasteiger partial charge < -0.3 is 15.0 Å². The van der Waals surface area contributed by atoms with Gasteiger partial charge in [0.15, 0.2) is 0 Å². The topological polar surface area (TPSA) is 41.6 Å². The Morgan fingerprint density at radius 2 is 1.73 bits per heavy atom. The molecule has 4 nitrogen and oxygen atoms in total. The number of carbonyl (C=O) groups excluding carboxylic acids is 1. The number of rotatable bonds is 5. The van der Waals surface area contributed by atoms with E-state index in [0.717, 1.165) is 6.42 Å². The molecule has 3 aromatic carbocycles. The molecule has 1 aliphatic rings. The van der Waals surface area contributed by atoms with E-state index < -0.39 is 0 Å². The fourth-order valence-corrected chi connectivity index (χ4v) is 4.51. The minimum absolute atomic E-state index is 0.313. The molecule has 0 spiro atoms. The molecular weight excluding hydrogens is 372 g/mol.